The molecule has 0 radical (unpaired) electrons. The van der Waals surface area contributed by atoms with Crippen LogP contribution in [0.25, 0.3) is 0 Å². The first kappa shape index (κ1) is 21.7. The molecule has 17 heteroatoms. The minimum atomic E-state index is -7.07. The Morgan fingerprint density at radius 3 is 1.60 bits per heavy atom. The molecule has 2 amide bonds. The lowest BCUT2D eigenvalue weighted by Gasteiger charge is -2.37. The van der Waals surface area contributed by atoms with Gasteiger partial charge >= 0.3 is 32.6 Å². The standard InChI is InChI=1S/C8H11F6N3O6S2/c9-6(10,8(13,14)25(21,22)23)7(11,12)24(19,20)17-3-1-16(2-4-17)5(15)18/h1-4H2,(H2,15,18)(H,21,22,23). The van der Waals surface area contributed by atoms with Crippen molar-refractivity contribution < 1.29 is 52.5 Å². The predicted molar refractivity (Wildman–Crippen MR) is 68.0 cm³/mol. The Morgan fingerprint density at radius 1 is 0.880 bits per heavy atom. The molecule has 1 aliphatic heterocycles. The van der Waals surface area contributed by atoms with Crippen LogP contribution in [0.2, 0.25) is 0 Å². The van der Waals surface area contributed by atoms with Gasteiger partial charge in [-0.15, -0.1) is 0 Å². The molecule has 0 atom stereocenters. The van der Waals surface area contributed by atoms with Gasteiger partial charge < -0.3 is 10.6 Å². The van der Waals surface area contributed by atoms with Gasteiger partial charge in [-0.3, -0.25) is 4.55 Å². The van der Waals surface area contributed by atoms with Gasteiger partial charge in [0.25, 0.3) is 10.0 Å². The van der Waals surface area contributed by atoms with Crippen LogP contribution in [-0.2, 0) is 20.1 Å². The quantitative estimate of drug-likeness (QED) is 0.461. The summed E-state index contributed by atoms with van der Waals surface area (Å²) in [6.07, 6.45) is 0. The van der Waals surface area contributed by atoms with E-state index in [-0.39, 0.29) is 4.31 Å². The summed E-state index contributed by atoms with van der Waals surface area (Å²) in [4.78, 5) is 11.6. The zero-order chi connectivity index (χ0) is 20.1. The average molecular weight is 423 g/mol. The van der Waals surface area contributed by atoms with Gasteiger partial charge in [0.2, 0.25) is 0 Å². The molecule has 1 saturated heterocycles. The second kappa shape index (κ2) is 6.13. The molecule has 9 nitrogen and oxygen atoms in total. The van der Waals surface area contributed by atoms with E-state index in [2.05, 4.69) is 0 Å². The molecule has 1 fully saturated rings. The van der Waals surface area contributed by atoms with E-state index < -0.39 is 68.8 Å². The van der Waals surface area contributed by atoms with E-state index in [0.29, 0.717) is 0 Å². The number of amides is 2. The van der Waals surface area contributed by atoms with Gasteiger partial charge in [-0.25, -0.2) is 13.2 Å². The van der Waals surface area contributed by atoms with Crippen molar-refractivity contribution in [1.29, 1.82) is 0 Å². The number of urea groups is 1. The molecule has 0 spiro atoms. The number of hydrogen-bond donors (Lipinski definition) is 2. The first-order chi connectivity index (χ1) is 10.9. The Bertz CT molecular complexity index is 746. The highest BCUT2D eigenvalue weighted by Gasteiger charge is 2.82. The molecule has 0 bridgehead atoms. The van der Waals surface area contributed by atoms with Gasteiger partial charge in [0.1, 0.15) is 0 Å². The average Bonchev–Trinajstić information content (AvgIpc) is 2.45. The predicted octanol–water partition coefficient (Wildman–Crippen LogP) is -0.279. The zero-order valence-corrected chi connectivity index (χ0v) is 13.5. The van der Waals surface area contributed by atoms with Crippen LogP contribution in [0.4, 0.5) is 31.1 Å². The number of hydrogen-bond acceptors (Lipinski definition) is 5. The maximum Gasteiger partial charge on any atom is 0.439 e. The Balaban J connectivity index is 3.26. The van der Waals surface area contributed by atoms with E-state index in [4.69, 9.17) is 10.3 Å². The van der Waals surface area contributed by atoms with Gasteiger partial charge in [0.15, 0.2) is 0 Å². The number of carbonyl (C=O) groups excluding carboxylic acids is 1. The minimum absolute atomic E-state index is 0.319. The van der Waals surface area contributed by atoms with Crippen molar-refractivity contribution in [2.24, 2.45) is 5.73 Å². The molecule has 0 saturated carbocycles. The number of sulfonamides is 1. The van der Waals surface area contributed by atoms with E-state index in [1.807, 2.05) is 0 Å². The smallest absolute Gasteiger partial charge is 0.351 e. The molecular weight excluding hydrogens is 412 g/mol. The van der Waals surface area contributed by atoms with Crippen LogP contribution in [0.3, 0.4) is 0 Å². The van der Waals surface area contributed by atoms with E-state index in [1.54, 1.807) is 0 Å². The van der Waals surface area contributed by atoms with Crippen molar-refractivity contribution in [3.8, 4) is 0 Å². The van der Waals surface area contributed by atoms with Gasteiger partial charge in [0.05, 0.1) is 0 Å². The summed E-state index contributed by atoms with van der Waals surface area (Å²) < 4.78 is 132. The number of rotatable bonds is 5. The minimum Gasteiger partial charge on any atom is -0.351 e. The summed E-state index contributed by atoms with van der Waals surface area (Å²) in [6.45, 7) is -3.14. The Hall–Kier alpha value is -1.33. The van der Waals surface area contributed by atoms with Crippen molar-refractivity contribution in [2.75, 3.05) is 26.2 Å². The molecule has 0 aromatic rings. The maximum absolute atomic E-state index is 13.7. The van der Waals surface area contributed by atoms with Crippen LogP contribution in [0.15, 0.2) is 0 Å². The fourth-order valence-corrected chi connectivity index (χ4v) is 3.74. The van der Waals surface area contributed by atoms with Gasteiger partial charge in [0, 0.05) is 26.2 Å². The van der Waals surface area contributed by atoms with Crippen molar-refractivity contribution >= 4 is 26.2 Å². The lowest BCUT2D eigenvalue weighted by atomic mass is 10.3. The summed E-state index contributed by atoms with van der Waals surface area (Å²) in [5.74, 6) is -6.99. The number of primary amides is 1. The summed E-state index contributed by atoms with van der Waals surface area (Å²) in [5, 5.41) is -13.4. The number of alkyl halides is 6. The maximum atomic E-state index is 13.7. The Morgan fingerprint density at radius 2 is 1.28 bits per heavy atom. The summed E-state index contributed by atoms with van der Waals surface area (Å²) in [7, 11) is -13.6. The SMILES string of the molecule is NC(=O)N1CCN(S(=O)(=O)C(F)(F)C(F)(F)C(F)(F)S(=O)(=O)O)CC1. The van der Waals surface area contributed by atoms with Crippen molar-refractivity contribution in [2.45, 2.75) is 16.4 Å². The monoisotopic (exact) mass is 423 g/mol. The zero-order valence-electron chi connectivity index (χ0n) is 11.9. The fourth-order valence-electron chi connectivity index (χ4n) is 1.80. The number of halogens is 6. The molecule has 1 rings (SSSR count). The normalized spacial score (nSPS) is 19.1. The Kier molecular flexibility index (Phi) is 5.32. The molecule has 0 aromatic heterocycles. The third kappa shape index (κ3) is 3.24. The van der Waals surface area contributed by atoms with Crippen LogP contribution in [0.5, 0.6) is 0 Å². The van der Waals surface area contributed by atoms with Crippen LogP contribution in [-0.4, -0.2) is 79.2 Å². The van der Waals surface area contributed by atoms with Crippen molar-refractivity contribution in [3.63, 3.8) is 0 Å². The number of nitrogens with two attached hydrogens (primary N) is 1. The topological polar surface area (TPSA) is 138 Å². The van der Waals surface area contributed by atoms with Gasteiger partial charge in [-0.2, -0.15) is 39.1 Å². The van der Waals surface area contributed by atoms with Crippen LogP contribution in [0, 0.1) is 0 Å². The Labute approximate surface area is 137 Å². The lowest BCUT2D eigenvalue weighted by molar-refractivity contribution is -0.247. The first-order valence-electron chi connectivity index (χ1n) is 6.06. The highest BCUT2D eigenvalue weighted by Crippen LogP contribution is 2.51. The van der Waals surface area contributed by atoms with Gasteiger partial charge in [-0.05, 0) is 0 Å². The van der Waals surface area contributed by atoms with Crippen molar-refractivity contribution in [3.05, 3.63) is 0 Å². The van der Waals surface area contributed by atoms with E-state index in [0.717, 1.165) is 4.90 Å². The third-order valence-electron chi connectivity index (χ3n) is 3.27. The summed E-state index contributed by atoms with van der Waals surface area (Å²) in [6, 6.07) is -1.06. The number of piperazine rings is 1. The molecular formula is C8H11F6N3O6S2. The highest BCUT2D eigenvalue weighted by atomic mass is 32.2. The molecule has 0 unspecified atom stereocenters. The molecule has 25 heavy (non-hydrogen) atoms. The number of nitrogens with zero attached hydrogens (tertiary/aromatic N) is 2. The summed E-state index contributed by atoms with van der Waals surface area (Å²) in [5.41, 5.74) is 4.84. The summed E-state index contributed by atoms with van der Waals surface area (Å²) >= 11 is 0. The van der Waals surface area contributed by atoms with Crippen LogP contribution in [0.1, 0.15) is 0 Å². The van der Waals surface area contributed by atoms with E-state index >= 15 is 0 Å². The van der Waals surface area contributed by atoms with Crippen LogP contribution >= 0.6 is 0 Å². The number of carbonyl (C=O) groups is 1. The molecule has 3 N–H and O–H groups in total. The highest BCUT2D eigenvalue weighted by molar-refractivity contribution is 7.90. The van der Waals surface area contributed by atoms with Gasteiger partial charge in [-0.1, -0.05) is 0 Å². The van der Waals surface area contributed by atoms with Crippen LogP contribution < -0.4 is 5.73 Å². The second-order valence-corrected chi connectivity index (χ2v) is 8.25. The largest absolute Gasteiger partial charge is 0.439 e. The van der Waals surface area contributed by atoms with E-state index in [1.165, 1.54) is 0 Å². The van der Waals surface area contributed by atoms with E-state index in [9.17, 15) is 48.0 Å². The molecule has 1 heterocycles. The third-order valence-corrected chi connectivity index (χ3v) is 6.12. The fraction of sp³-hybridized carbons (Fsp3) is 0.875. The lowest BCUT2D eigenvalue weighted by Crippen LogP contribution is -2.64. The van der Waals surface area contributed by atoms with Crippen molar-refractivity contribution in [1.82, 2.24) is 9.21 Å². The molecule has 1 aliphatic rings. The molecule has 148 valence electrons. The first-order valence-corrected chi connectivity index (χ1v) is 8.94. The second-order valence-electron chi connectivity index (χ2n) is 4.81. The molecule has 0 aromatic carbocycles. The molecule has 0 aliphatic carbocycles.